The predicted molar refractivity (Wildman–Crippen MR) is 118 cm³/mol. The SMILES string of the molecule is Cc1nccn1-c1cc(Nc2ccc(NC(=O)/C=C/c3cc(F)ccc3F)cc2)ncn1. The molecule has 0 spiro atoms. The molecule has 0 atom stereocenters. The lowest BCUT2D eigenvalue weighted by Gasteiger charge is -2.09. The summed E-state index contributed by atoms with van der Waals surface area (Å²) < 4.78 is 28.7. The minimum absolute atomic E-state index is 0.00481. The van der Waals surface area contributed by atoms with Crippen molar-refractivity contribution in [3.8, 4) is 5.82 Å². The molecule has 2 N–H and O–H groups in total. The van der Waals surface area contributed by atoms with Crippen molar-refractivity contribution >= 4 is 29.2 Å². The highest BCUT2D eigenvalue weighted by Gasteiger charge is 2.06. The van der Waals surface area contributed by atoms with E-state index >= 15 is 0 Å². The molecule has 32 heavy (non-hydrogen) atoms. The number of carbonyl (C=O) groups excluding carboxylic acids is 1. The quantitative estimate of drug-likeness (QED) is 0.434. The first kappa shape index (κ1) is 20.9. The maximum atomic E-state index is 13.6. The van der Waals surface area contributed by atoms with Crippen molar-refractivity contribution in [2.75, 3.05) is 10.6 Å². The van der Waals surface area contributed by atoms with Crippen LogP contribution in [0.4, 0.5) is 26.0 Å². The van der Waals surface area contributed by atoms with Gasteiger partial charge in [-0.05, 0) is 55.5 Å². The third-order valence-corrected chi connectivity index (χ3v) is 4.52. The number of amides is 1. The number of aromatic nitrogens is 4. The van der Waals surface area contributed by atoms with E-state index in [0.717, 1.165) is 35.8 Å². The van der Waals surface area contributed by atoms with E-state index in [0.29, 0.717) is 17.3 Å². The Morgan fingerprint density at radius 2 is 1.78 bits per heavy atom. The van der Waals surface area contributed by atoms with Gasteiger partial charge in [0.25, 0.3) is 0 Å². The molecule has 0 bridgehead atoms. The molecule has 0 aliphatic heterocycles. The van der Waals surface area contributed by atoms with Crippen molar-refractivity contribution in [3.63, 3.8) is 0 Å². The van der Waals surface area contributed by atoms with Crippen LogP contribution in [0.25, 0.3) is 11.9 Å². The van der Waals surface area contributed by atoms with E-state index in [1.165, 1.54) is 12.4 Å². The fourth-order valence-corrected chi connectivity index (χ4v) is 2.94. The number of hydrogen-bond donors (Lipinski definition) is 2. The maximum Gasteiger partial charge on any atom is 0.248 e. The van der Waals surface area contributed by atoms with E-state index in [4.69, 9.17) is 0 Å². The molecule has 2 heterocycles. The summed E-state index contributed by atoms with van der Waals surface area (Å²) in [6.45, 7) is 1.88. The van der Waals surface area contributed by atoms with Gasteiger partial charge in [0.1, 0.15) is 35.4 Å². The molecule has 0 fully saturated rings. The van der Waals surface area contributed by atoms with Crippen molar-refractivity contribution in [1.29, 1.82) is 0 Å². The summed E-state index contributed by atoms with van der Waals surface area (Å²) in [5, 5.41) is 5.84. The monoisotopic (exact) mass is 432 g/mol. The Bertz CT molecular complexity index is 1280. The molecule has 7 nitrogen and oxygen atoms in total. The van der Waals surface area contributed by atoms with E-state index in [2.05, 4.69) is 25.6 Å². The first-order valence-corrected chi connectivity index (χ1v) is 9.61. The van der Waals surface area contributed by atoms with E-state index in [9.17, 15) is 13.6 Å². The van der Waals surface area contributed by atoms with Gasteiger partial charge in [0, 0.05) is 41.5 Å². The van der Waals surface area contributed by atoms with Crippen molar-refractivity contribution in [3.05, 3.63) is 96.4 Å². The van der Waals surface area contributed by atoms with Gasteiger partial charge >= 0.3 is 0 Å². The van der Waals surface area contributed by atoms with E-state index in [1.54, 1.807) is 36.5 Å². The minimum Gasteiger partial charge on any atom is -0.340 e. The lowest BCUT2D eigenvalue weighted by atomic mass is 10.2. The molecule has 0 aliphatic rings. The zero-order valence-corrected chi connectivity index (χ0v) is 17.0. The molecule has 1 amide bonds. The van der Waals surface area contributed by atoms with Crippen LogP contribution >= 0.6 is 0 Å². The molecule has 9 heteroatoms. The van der Waals surface area contributed by atoms with E-state index < -0.39 is 17.5 Å². The topological polar surface area (TPSA) is 84.7 Å². The number of benzene rings is 2. The number of hydrogen-bond acceptors (Lipinski definition) is 5. The van der Waals surface area contributed by atoms with Gasteiger partial charge in [0.05, 0.1) is 0 Å². The molecule has 2 aromatic carbocycles. The Morgan fingerprint density at radius 1 is 1.00 bits per heavy atom. The van der Waals surface area contributed by atoms with Crippen LogP contribution in [-0.2, 0) is 4.79 Å². The fraction of sp³-hybridized carbons (Fsp3) is 0.0435. The molecule has 4 rings (SSSR count). The third kappa shape index (κ3) is 5.01. The number of nitrogens with one attached hydrogen (secondary N) is 2. The van der Waals surface area contributed by atoms with Gasteiger partial charge in [-0.15, -0.1) is 0 Å². The predicted octanol–water partition coefficient (Wildman–Crippen LogP) is 4.64. The Balaban J connectivity index is 1.39. The molecule has 0 unspecified atom stereocenters. The molecule has 0 aliphatic carbocycles. The zero-order valence-electron chi connectivity index (χ0n) is 17.0. The number of imidazole rings is 1. The molecule has 4 aromatic rings. The molecule has 160 valence electrons. The third-order valence-electron chi connectivity index (χ3n) is 4.52. The lowest BCUT2D eigenvalue weighted by Crippen LogP contribution is -2.07. The average Bonchev–Trinajstić information content (AvgIpc) is 3.22. The summed E-state index contributed by atoms with van der Waals surface area (Å²) >= 11 is 0. The average molecular weight is 432 g/mol. The van der Waals surface area contributed by atoms with Crippen LogP contribution in [0.2, 0.25) is 0 Å². The Morgan fingerprint density at radius 3 is 2.53 bits per heavy atom. The number of carbonyl (C=O) groups is 1. The summed E-state index contributed by atoms with van der Waals surface area (Å²) in [6.07, 6.45) is 7.33. The smallest absolute Gasteiger partial charge is 0.248 e. The number of aryl methyl sites for hydroxylation is 1. The second kappa shape index (κ2) is 9.17. The summed E-state index contributed by atoms with van der Waals surface area (Å²) in [7, 11) is 0. The lowest BCUT2D eigenvalue weighted by molar-refractivity contribution is -0.111. The zero-order chi connectivity index (χ0) is 22.5. The largest absolute Gasteiger partial charge is 0.340 e. The van der Waals surface area contributed by atoms with Crippen molar-refractivity contribution in [2.45, 2.75) is 6.92 Å². The number of halogens is 2. The van der Waals surface area contributed by atoms with Gasteiger partial charge in [0.2, 0.25) is 5.91 Å². The molecule has 0 saturated carbocycles. The van der Waals surface area contributed by atoms with Crippen LogP contribution in [-0.4, -0.2) is 25.4 Å². The van der Waals surface area contributed by atoms with Crippen LogP contribution in [0.5, 0.6) is 0 Å². The molecule has 0 radical (unpaired) electrons. The second-order valence-electron chi connectivity index (χ2n) is 6.80. The Labute approximate surface area is 182 Å². The molecule has 2 aromatic heterocycles. The number of anilines is 3. The number of nitrogens with zero attached hydrogens (tertiary/aromatic N) is 4. The van der Waals surface area contributed by atoms with E-state index in [-0.39, 0.29) is 5.56 Å². The van der Waals surface area contributed by atoms with Crippen LogP contribution < -0.4 is 10.6 Å². The molecular weight excluding hydrogens is 414 g/mol. The highest BCUT2D eigenvalue weighted by atomic mass is 19.1. The summed E-state index contributed by atoms with van der Waals surface area (Å²) in [6, 6.07) is 11.8. The molecular formula is C23H18F2N6O. The Hall–Kier alpha value is -4.40. The van der Waals surface area contributed by atoms with Gasteiger partial charge in [-0.2, -0.15) is 0 Å². The first-order valence-electron chi connectivity index (χ1n) is 9.61. The first-order chi connectivity index (χ1) is 15.5. The van der Waals surface area contributed by atoms with E-state index in [1.807, 2.05) is 17.7 Å². The van der Waals surface area contributed by atoms with Gasteiger partial charge in [0.15, 0.2) is 0 Å². The summed E-state index contributed by atoms with van der Waals surface area (Å²) in [5.41, 5.74) is 1.30. The van der Waals surface area contributed by atoms with Crippen molar-refractivity contribution < 1.29 is 13.6 Å². The molecule has 0 saturated heterocycles. The van der Waals surface area contributed by atoms with Gasteiger partial charge < -0.3 is 10.6 Å². The highest BCUT2D eigenvalue weighted by Crippen LogP contribution is 2.19. The maximum absolute atomic E-state index is 13.6. The normalized spacial score (nSPS) is 11.0. The number of rotatable bonds is 6. The van der Waals surface area contributed by atoms with Crippen LogP contribution in [0, 0.1) is 18.6 Å². The van der Waals surface area contributed by atoms with Crippen LogP contribution in [0.3, 0.4) is 0 Å². The fourth-order valence-electron chi connectivity index (χ4n) is 2.94. The summed E-state index contributed by atoms with van der Waals surface area (Å²) in [4.78, 5) is 24.7. The Kier molecular flexibility index (Phi) is 5.98. The second-order valence-corrected chi connectivity index (χ2v) is 6.80. The van der Waals surface area contributed by atoms with Crippen molar-refractivity contribution in [1.82, 2.24) is 19.5 Å². The van der Waals surface area contributed by atoms with Gasteiger partial charge in [-0.25, -0.2) is 23.7 Å². The van der Waals surface area contributed by atoms with Gasteiger partial charge in [-0.3, -0.25) is 9.36 Å². The van der Waals surface area contributed by atoms with Crippen LogP contribution in [0.15, 0.2) is 73.3 Å². The summed E-state index contributed by atoms with van der Waals surface area (Å²) in [5.74, 6) is 0.435. The minimum atomic E-state index is -0.609. The standard InChI is InChI=1S/C23H18F2N6O/c1-15-26-10-11-31(15)22-13-21(27-14-28-22)29-18-4-6-19(7-5-18)30-23(32)9-2-16-12-17(24)3-8-20(16)25/h2-14H,1H3,(H,30,32)(H,27,28,29)/b9-2+. The highest BCUT2D eigenvalue weighted by molar-refractivity contribution is 6.02. The van der Waals surface area contributed by atoms with Crippen LogP contribution in [0.1, 0.15) is 11.4 Å². The van der Waals surface area contributed by atoms with Crippen molar-refractivity contribution in [2.24, 2.45) is 0 Å². The van der Waals surface area contributed by atoms with Gasteiger partial charge in [-0.1, -0.05) is 0 Å².